The third-order valence-electron chi connectivity index (χ3n) is 2.83. The van der Waals surface area contributed by atoms with Gasteiger partial charge in [-0.2, -0.15) is 0 Å². The van der Waals surface area contributed by atoms with E-state index in [4.69, 9.17) is 4.42 Å². The maximum Gasteiger partial charge on any atom is 0.317 e. The molecule has 0 saturated heterocycles. The minimum Gasteiger partial charge on any atom is -0.423 e. The van der Waals surface area contributed by atoms with E-state index in [1.807, 2.05) is 30.3 Å². The van der Waals surface area contributed by atoms with Crippen LogP contribution in [-0.4, -0.2) is 35.2 Å². The van der Waals surface area contributed by atoms with E-state index in [9.17, 15) is 4.79 Å². The van der Waals surface area contributed by atoms with E-state index in [1.165, 1.54) is 4.90 Å². The molecule has 2 amide bonds. The van der Waals surface area contributed by atoms with Crippen LogP contribution in [0, 0.1) is 6.92 Å². The third kappa shape index (κ3) is 3.57. The van der Waals surface area contributed by atoms with Crippen molar-refractivity contribution in [2.75, 3.05) is 14.1 Å². The molecule has 1 unspecified atom stereocenters. The molecule has 2 rings (SSSR count). The van der Waals surface area contributed by atoms with Gasteiger partial charge in [0, 0.05) is 27.4 Å². The highest BCUT2D eigenvalue weighted by atomic mass is 16.4. The molecule has 1 atom stereocenters. The van der Waals surface area contributed by atoms with Gasteiger partial charge in [-0.15, -0.1) is 10.2 Å². The first-order valence-corrected chi connectivity index (χ1v) is 6.38. The van der Waals surface area contributed by atoms with E-state index in [1.54, 1.807) is 21.0 Å². The summed E-state index contributed by atoms with van der Waals surface area (Å²) in [6, 6.07) is 9.33. The van der Waals surface area contributed by atoms with Gasteiger partial charge in [-0.05, 0) is 5.56 Å². The number of carbonyl (C=O) groups is 1. The lowest BCUT2D eigenvalue weighted by atomic mass is 10.1. The molecule has 0 aliphatic heterocycles. The molecule has 0 radical (unpaired) electrons. The van der Waals surface area contributed by atoms with Gasteiger partial charge in [-0.1, -0.05) is 30.3 Å². The molecular formula is C14H18N4O2. The summed E-state index contributed by atoms with van der Waals surface area (Å²) in [6.45, 7) is 1.73. The first-order valence-electron chi connectivity index (χ1n) is 6.38. The van der Waals surface area contributed by atoms with Gasteiger partial charge < -0.3 is 14.6 Å². The Morgan fingerprint density at radius 3 is 2.55 bits per heavy atom. The van der Waals surface area contributed by atoms with Crippen LogP contribution in [0.4, 0.5) is 4.79 Å². The van der Waals surface area contributed by atoms with Crippen LogP contribution in [0.1, 0.15) is 23.4 Å². The molecule has 106 valence electrons. The standard InChI is InChI=1S/C14H18N4O2/c1-10-16-17-13(20-10)12(15-14(19)18(2)3)9-11-7-5-4-6-8-11/h4-8,12H,9H2,1-3H3,(H,15,19). The molecule has 1 aromatic carbocycles. The van der Waals surface area contributed by atoms with Crippen molar-refractivity contribution in [3.05, 3.63) is 47.7 Å². The van der Waals surface area contributed by atoms with Crippen molar-refractivity contribution in [2.24, 2.45) is 0 Å². The maximum absolute atomic E-state index is 11.8. The third-order valence-corrected chi connectivity index (χ3v) is 2.83. The summed E-state index contributed by atoms with van der Waals surface area (Å²) in [4.78, 5) is 13.3. The summed E-state index contributed by atoms with van der Waals surface area (Å²) in [7, 11) is 3.38. The van der Waals surface area contributed by atoms with Crippen LogP contribution in [0.15, 0.2) is 34.7 Å². The fourth-order valence-corrected chi connectivity index (χ4v) is 1.78. The van der Waals surface area contributed by atoms with Crippen LogP contribution in [0.3, 0.4) is 0 Å². The van der Waals surface area contributed by atoms with Crippen molar-refractivity contribution in [3.63, 3.8) is 0 Å². The average Bonchev–Trinajstić information content (AvgIpc) is 2.85. The second-order valence-electron chi connectivity index (χ2n) is 4.75. The lowest BCUT2D eigenvalue weighted by molar-refractivity contribution is 0.210. The number of benzene rings is 1. The summed E-state index contributed by atoms with van der Waals surface area (Å²) in [5.41, 5.74) is 1.09. The van der Waals surface area contributed by atoms with Crippen LogP contribution < -0.4 is 5.32 Å². The Kier molecular flexibility index (Phi) is 4.34. The summed E-state index contributed by atoms with van der Waals surface area (Å²) in [5, 5.41) is 10.7. The molecule has 1 N–H and O–H groups in total. The quantitative estimate of drug-likeness (QED) is 0.924. The Hall–Kier alpha value is -2.37. The summed E-state index contributed by atoms with van der Waals surface area (Å²) >= 11 is 0. The highest BCUT2D eigenvalue weighted by molar-refractivity contribution is 5.73. The second kappa shape index (κ2) is 6.18. The number of rotatable bonds is 4. The van der Waals surface area contributed by atoms with Crippen molar-refractivity contribution in [2.45, 2.75) is 19.4 Å². The molecule has 1 aromatic heterocycles. The van der Waals surface area contributed by atoms with Crippen molar-refractivity contribution in [1.82, 2.24) is 20.4 Å². The van der Waals surface area contributed by atoms with Crippen LogP contribution in [0.5, 0.6) is 0 Å². The van der Waals surface area contributed by atoms with Crippen molar-refractivity contribution in [1.29, 1.82) is 0 Å². The Morgan fingerprint density at radius 1 is 1.30 bits per heavy atom. The minimum atomic E-state index is -0.339. The van der Waals surface area contributed by atoms with E-state index in [2.05, 4.69) is 15.5 Å². The van der Waals surface area contributed by atoms with E-state index < -0.39 is 0 Å². The van der Waals surface area contributed by atoms with Gasteiger partial charge in [0.15, 0.2) is 0 Å². The van der Waals surface area contributed by atoms with Gasteiger partial charge in [-0.3, -0.25) is 0 Å². The highest BCUT2D eigenvalue weighted by Crippen LogP contribution is 2.17. The number of aromatic nitrogens is 2. The fraction of sp³-hybridized carbons (Fsp3) is 0.357. The zero-order chi connectivity index (χ0) is 14.5. The molecule has 0 saturated carbocycles. The number of nitrogens with one attached hydrogen (secondary N) is 1. The number of carbonyl (C=O) groups excluding carboxylic acids is 1. The molecule has 0 aliphatic rings. The smallest absolute Gasteiger partial charge is 0.317 e. The van der Waals surface area contributed by atoms with Crippen molar-refractivity contribution < 1.29 is 9.21 Å². The number of hydrogen-bond acceptors (Lipinski definition) is 4. The molecule has 0 bridgehead atoms. The van der Waals surface area contributed by atoms with Crippen molar-refractivity contribution in [3.8, 4) is 0 Å². The fourth-order valence-electron chi connectivity index (χ4n) is 1.78. The lowest BCUT2D eigenvalue weighted by Gasteiger charge is -2.18. The van der Waals surface area contributed by atoms with E-state index >= 15 is 0 Å². The van der Waals surface area contributed by atoms with Gasteiger partial charge in [0.05, 0.1) is 0 Å². The average molecular weight is 274 g/mol. The van der Waals surface area contributed by atoms with Gasteiger partial charge in [0.2, 0.25) is 11.8 Å². The Balaban J connectivity index is 2.18. The Bertz CT molecular complexity index is 566. The van der Waals surface area contributed by atoms with Crippen LogP contribution >= 0.6 is 0 Å². The highest BCUT2D eigenvalue weighted by Gasteiger charge is 2.21. The molecule has 0 aliphatic carbocycles. The van der Waals surface area contributed by atoms with Gasteiger partial charge in [0.1, 0.15) is 6.04 Å². The maximum atomic E-state index is 11.8. The zero-order valence-electron chi connectivity index (χ0n) is 11.8. The SMILES string of the molecule is Cc1nnc(C(Cc2ccccc2)NC(=O)N(C)C)o1. The molecule has 6 heteroatoms. The Morgan fingerprint density at radius 2 is 2.00 bits per heavy atom. The Labute approximate surface area is 117 Å². The largest absolute Gasteiger partial charge is 0.423 e. The van der Waals surface area contributed by atoms with Gasteiger partial charge >= 0.3 is 6.03 Å². The van der Waals surface area contributed by atoms with Crippen molar-refractivity contribution >= 4 is 6.03 Å². The topological polar surface area (TPSA) is 71.3 Å². The van der Waals surface area contributed by atoms with Crippen LogP contribution in [0.2, 0.25) is 0 Å². The molecule has 1 heterocycles. The second-order valence-corrected chi connectivity index (χ2v) is 4.75. The number of hydrogen-bond donors (Lipinski definition) is 1. The predicted octanol–water partition coefficient (Wildman–Crippen LogP) is 1.93. The van der Waals surface area contributed by atoms with Gasteiger partial charge in [0.25, 0.3) is 0 Å². The summed E-state index contributed by atoms with van der Waals surface area (Å²) in [6.07, 6.45) is 0.599. The van der Waals surface area contributed by atoms with E-state index in [0.717, 1.165) is 5.56 Å². The molecule has 20 heavy (non-hydrogen) atoms. The van der Waals surface area contributed by atoms with E-state index in [-0.39, 0.29) is 12.1 Å². The lowest BCUT2D eigenvalue weighted by Crippen LogP contribution is -2.38. The molecule has 6 nitrogen and oxygen atoms in total. The first kappa shape index (κ1) is 14.0. The molecule has 2 aromatic rings. The molecule has 0 fully saturated rings. The van der Waals surface area contributed by atoms with E-state index in [0.29, 0.717) is 18.2 Å². The summed E-state index contributed by atoms with van der Waals surface area (Å²) in [5.74, 6) is 0.902. The van der Waals surface area contributed by atoms with Gasteiger partial charge in [-0.25, -0.2) is 4.79 Å². The number of amides is 2. The number of urea groups is 1. The summed E-state index contributed by atoms with van der Waals surface area (Å²) < 4.78 is 5.44. The zero-order valence-corrected chi connectivity index (χ0v) is 11.8. The monoisotopic (exact) mass is 274 g/mol. The first-order chi connectivity index (χ1) is 9.56. The number of nitrogens with zero attached hydrogens (tertiary/aromatic N) is 3. The van der Waals surface area contributed by atoms with Crippen LogP contribution in [0.25, 0.3) is 0 Å². The molecular weight excluding hydrogens is 256 g/mol. The normalized spacial score (nSPS) is 11.9. The minimum absolute atomic E-state index is 0.193. The van der Waals surface area contributed by atoms with Crippen LogP contribution in [-0.2, 0) is 6.42 Å². The molecule has 0 spiro atoms. The number of aryl methyl sites for hydroxylation is 1. The predicted molar refractivity (Wildman–Crippen MR) is 74.1 cm³/mol.